The van der Waals surface area contributed by atoms with Crippen molar-refractivity contribution in [2.75, 3.05) is 19.1 Å². The fourth-order valence-corrected chi connectivity index (χ4v) is 5.90. The smallest absolute Gasteiger partial charge is 0.337 e. The second-order valence-corrected chi connectivity index (χ2v) is 9.40. The highest BCUT2D eigenvalue weighted by atomic mass is 35.5. The van der Waals surface area contributed by atoms with Gasteiger partial charge in [-0.05, 0) is 49.4 Å². The quantitative estimate of drug-likeness (QED) is 0.304. The van der Waals surface area contributed by atoms with Crippen LogP contribution in [0.3, 0.4) is 0 Å². The lowest BCUT2D eigenvalue weighted by atomic mass is 9.46. The maximum atomic E-state index is 12.2. The average molecular weight is 427 g/mol. The van der Waals surface area contributed by atoms with Crippen LogP contribution in [0.25, 0.3) is 0 Å². The lowest BCUT2D eigenvalue weighted by Gasteiger charge is -2.59. The molecule has 1 saturated heterocycles. The van der Waals surface area contributed by atoms with Gasteiger partial charge in [-0.25, -0.2) is 4.79 Å². The Hall–Kier alpha value is -1.37. The molecule has 2 aliphatic carbocycles. The van der Waals surface area contributed by atoms with Crippen LogP contribution in [0.15, 0.2) is 23.8 Å². The molecule has 3 aliphatic rings. The lowest BCUT2D eigenvalue weighted by molar-refractivity contribution is -0.151. The number of ether oxygens (including phenoxy) is 2. The predicted molar refractivity (Wildman–Crippen MR) is 108 cm³/mol. The average Bonchev–Trinajstić information content (AvgIpc) is 3.03. The van der Waals surface area contributed by atoms with Gasteiger partial charge in [0.1, 0.15) is 12.5 Å². The summed E-state index contributed by atoms with van der Waals surface area (Å²) in [6.07, 6.45) is 4.29. The minimum atomic E-state index is -0.731. The molecule has 0 spiro atoms. The highest BCUT2D eigenvalue weighted by molar-refractivity contribution is 6.26. The molecule has 0 radical (unpaired) electrons. The summed E-state index contributed by atoms with van der Waals surface area (Å²) in [4.78, 5) is 23.7. The van der Waals surface area contributed by atoms with Crippen LogP contribution in [0.1, 0.15) is 46.0 Å². The molecule has 6 nitrogen and oxygen atoms in total. The summed E-state index contributed by atoms with van der Waals surface area (Å²) in [5.41, 5.74) is 0.776. The van der Waals surface area contributed by atoms with Gasteiger partial charge in [0.15, 0.2) is 6.10 Å². The summed E-state index contributed by atoms with van der Waals surface area (Å²) >= 11 is 5.51. The largest absolute Gasteiger partial charge is 0.458 e. The number of alkyl halides is 1. The number of cyclic esters (lactones) is 1. The van der Waals surface area contributed by atoms with Gasteiger partial charge < -0.3 is 19.7 Å². The van der Waals surface area contributed by atoms with E-state index in [1.54, 1.807) is 0 Å². The van der Waals surface area contributed by atoms with Crippen LogP contribution in [0, 0.1) is 22.7 Å². The molecule has 6 atom stereocenters. The van der Waals surface area contributed by atoms with E-state index >= 15 is 0 Å². The molecule has 29 heavy (non-hydrogen) atoms. The minimum Gasteiger partial charge on any atom is -0.458 e. The Labute approximate surface area is 176 Å². The molecule has 7 heteroatoms. The number of halogens is 1. The van der Waals surface area contributed by atoms with Crippen molar-refractivity contribution in [2.24, 2.45) is 22.7 Å². The van der Waals surface area contributed by atoms with E-state index in [-0.39, 0.29) is 36.3 Å². The Bertz CT molecular complexity index is 718. The first-order valence-corrected chi connectivity index (χ1v) is 10.8. The van der Waals surface area contributed by atoms with Crippen molar-refractivity contribution >= 4 is 23.5 Å². The van der Waals surface area contributed by atoms with Gasteiger partial charge in [-0.3, -0.25) is 4.79 Å². The van der Waals surface area contributed by atoms with Crippen molar-refractivity contribution < 1.29 is 29.3 Å². The van der Waals surface area contributed by atoms with E-state index in [9.17, 15) is 19.8 Å². The Morgan fingerprint density at radius 2 is 2.14 bits per heavy atom. The first-order valence-electron chi connectivity index (χ1n) is 10.3. The zero-order valence-electron chi connectivity index (χ0n) is 17.2. The Balaban J connectivity index is 1.85. The van der Waals surface area contributed by atoms with Crippen LogP contribution >= 0.6 is 11.6 Å². The molecule has 1 heterocycles. The maximum absolute atomic E-state index is 12.2. The number of aliphatic hydroxyl groups excluding tert-OH is 2. The SMILES string of the molecule is C=C1CCC2[C@](C)(CO)[C@H](O)CC[C@]2(C)[C@H]1CC=C1C(=O)OC[C@H]1OC(=O)CCl. The molecular weight excluding hydrogens is 396 g/mol. The third kappa shape index (κ3) is 3.87. The van der Waals surface area contributed by atoms with E-state index in [0.717, 1.165) is 24.8 Å². The molecule has 3 fully saturated rings. The molecule has 162 valence electrons. The van der Waals surface area contributed by atoms with Gasteiger partial charge in [-0.1, -0.05) is 32.1 Å². The van der Waals surface area contributed by atoms with Crippen molar-refractivity contribution in [3.8, 4) is 0 Å². The molecule has 1 unspecified atom stereocenters. The number of aliphatic hydroxyl groups is 2. The van der Waals surface area contributed by atoms with Crippen molar-refractivity contribution in [3.05, 3.63) is 23.8 Å². The molecule has 0 aromatic carbocycles. The van der Waals surface area contributed by atoms with E-state index in [1.807, 2.05) is 13.0 Å². The van der Waals surface area contributed by atoms with E-state index in [2.05, 4.69) is 13.5 Å². The van der Waals surface area contributed by atoms with Crippen LogP contribution < -0.4 is 0 Å². The van der Waals surface area contributed by atoms with Crippen molar-refractivity contribution in [2.45, 2.75) is 58.2 Å². The van der Waals surface area contributed by atoms with Gasteiger partial charge in [0.2, 0.25) is 0 Å². The van der Waals surface area contributed by atoms with Crippen LogP contribution in [-0.2, 0) is 19.1 Å². The molecule has 2 N–H and O–H groups in total. The first-order chi connectivity index (χ1) is 13.7. The Kier molecular flexibility index (Phi) is 6.47. The number of carbonyl (C=O) groups excluding carboxylic acids is 2. The molecule has 0 amide bonds. The second-order valence-electron chi connectivity index (χ2n) is 9.13. The van der Waals surface area contributed by atoms with Gasteiger partial charge in [0, 0.05) is 5.41 Å². The minimum absolute atomic E-state index is 0.00752. The van der Waals surface area contributed by atoms with Gasteiger partial charge in [-0.15, -0.1) is 11.6 Å². The topological polar surface area (TPSA) is 93.1 Å². The molecule has 0 aromatic rings. The van der Waals surface area contributed by atoms with Crippen LogP contribution in [0.2, 0.25) is 0 Å². The molecule has 1 aliphatic heterocycles. The van der Waals surface area contributed by atoms with Crippen molar-refractivity contribution in [3.63, 3.8) is 0 Å². The fourth-order valence-electron chi connectivity index (χ4n) is 5.84. The summed E-state index contributed by atoms with van der Waals surface area (Å²) in [6.45, 7) is 8.43. The summed E-state index contributed by atoms with van der Waals surface area (Å²) in [5, 5.41) is 20.7. The molecular formula is C22H31ClO6. The van der Waals surface area contributed by atoms with E-state index in [1.165, 1.54) is 0 Å². The van der Waals surface area contributed by atoms with Crippen LogP contribution in [0.4, 0.5) is 0 Å². The van der Waals surface area contributed by atoms with Crippen molar-refractivity contribution in [1.82, 2.24) is 0 Å². The number of esters is 2. The normalized spacial score (nSPS) is 41.2. The highest BCUT2D eigenvalue weighted by Crippen LogP contribution is 2.61. The summed E-state index contributed by atoms with van der Waals surface area (Å²) in [6, 6.07) is 0. The van der Waals surface area contributed by atoms with Crippen molar-refractivity contribution in [1.29, 1.82) is 0 Å². The van der Waals surface area contributed by atoms with Gasteiger partial charge in [0.05, 0.1) is 18.3 Å². The summed E-state index contributed by atoms with van der Waals surface area (Å²) in [7, 11) is 0. The fraction of sp³-hybridized carbons (Fsp3) is 0.727. The molecule has 2 saturated carbocycles. The number of hydrogen-bond acceptors (Lipinski definition) is 6. The van der Waals surface area contributed by atoms with Crippen LogP contribution in [0.5, 0.6) is 0 Å². The Morgan fingerprint density at radius 3 is 2.79 bits per heavy atom. The third-order valence-corrected chi connectivity index (χ3v) is 7.82. The summed E-state index contributed by atoms with van der Waals surface area (Å²) < 4.78 is 10.3. The Morgan fingerprint density at radius 1 is 1.41 bits per heavy atom. The van der Waals surface area contributed by atoms with E-state index in [4.69, 9.17) is 21.1 Å². The molecule has 0 bridgehead atoms. The van der Waals surface area contributed by atoms with E-state index < -0.39 is 29.6 Å². The molecule has 0 aromatic heterocycles. The number of fused-ring (bicyclic) bond motifs is 1. The third-order valence-electron chi connectivity index (χ3n) is 7.60. The lowest BCUT2D eigenvalue weighted by Crippen LogP contribution is -2.57. The van der Waals surface area contributed by atoms with E-state index in [0.29, 0.717) is 18.4 Å². The highest BCUT2D eigenvalue weighted by Gasteiger charge is 2.57. The standard InChI is InChI=1S/C22H31ClO6/c1-13-4-7-17-21(2,9-8-18(25)22(17,3)12-24)15(13)6-5-14-16(11-28-20(14)27)29-19(26)10-23/h5,15-18,24-25H,1,4,6-12H2,2-3H3/t15-,16+,17?,18+,21+,22-/m0/s1. The van der Waals surface area contributed by atoms with Gasteiger partial charge >= 0.3 is 11.9 Å². The monoisotopic (exact) mass is 426 g/mol. The number of rotatable bonds is 5. The van der Waals surface area contributed by atoms with Crippen LogP contribution in [-0.4, -0.2) is 53.5 Å². The molecule has 3 rings (SSSR count). The van der Waals surface area contributed by atoms with Gasteiger partial charge in [-0.2, -0.15) is 0 Å². The number of allylic oxidation sites excluding steroid dienone is 2. The number of carbonyl (C=O) groups is 2. The van der Waals surface area contributed by atoms with Gasteiger partial charge in [0.25, 0.3) is 0 Å². The maximum Gasteiger partial charge on any atom is 0.337 e. The zero-order chi connectivity index (χ0) is 21.4. The zero-order valence-corrected chi connectivity index (χ0v) is 17.9. The first kappa shape index (κ1) is 22.3. The summed E-state index contributed by atoms with van der Waals surface area (Å²) in [5.74, 6) is -1.09. The number of hydrogen-bond donors (Lipinski definition) is 2. The predicted octanol–water partition coefficient (Wildman–Crippen LogP) is 2.75. The second kappa shape index (κ2) is 8.40.